The maximum atomic E-state index is 12.2. The van der Waals surface area contributed by atoms with E-state index in [0.717, 1.165) is 18.4 Å². The summed E-state index contributed by atoms with van der Waals surface area (Å²) in [5.41, 5.74) is 11.7. The number of hydrogen-bond donors (Lipinski definition) is 4. The Hall–Kier alpha value is -3.55. The molecule has 2 aromatic rings. The van der Waals surface area contributed by atoms with Crippen LogP contribution >= 0.6 is 0 Å². The van der Waals surface area contributed by atoms with Crippen molar-refractivity contribution >= 4 is 17.8 Å². The van der Waals surface area contributed by atoms with Crippen molar-refractivity contribution in [2.24, 2.45) is 16.5 Å². The highest BCUT2D eigenvalue weighted by Gasteiger charge is 2.21. The number of rotatable bonds is 11. The van der Waals surface area contributed by atoms with Gasteiger partial charge in [-0.2, -0.15) is 0 Å². The van der Waals surface area contributed by atoms with Crippen LogP contribution in [-0.4, -0.2) is 42.1 Å². The fourth-order valence-electron chi connectivity index (χ4n) is 2.60. The molecule has 0 aliphatic heterocycles. The van der Waals surface area contributed by atoms with Crippen molar-refractivity contribution in [3.63, 3.8) is 0 Å². The van der Waals surface area contributed by atoms with Gasteiger partial charge in [-0.3, -0.25) is 9.79 Å². The molecule has 0 saturated carbocycles. The van der Waals surface area contributed by atoms with E-state index in [-0.39, 0.29) is 12.4 Å². The Balaban J connectivity index is 1.83. The number of benzene rings is 2. The van der Waals surface area contributed by atoms with Crippen molar-refractivity contribution < 1.29 is 19.4 Å². The number of ether oxygens (including phenoxy) is 1. The van der Waals surface area contributed by atoms with E-state index in [1.165, 1.54) is 0 Å². The Bertz CT molecular complexity index is 818. The zero-order valence-electron chi connectivity index (χ0n) is 16.1. The molecule has 0 radical (unpaired) electrons. The molecule has 0 fully saturated rings. The Morgan fingerprint density at radius 2 is 1.72 bits per heavy atom. The van der Waals surface area contributed by atoms with Crippen LogP contribution in [0.2, 0.25) is 0 Å². The highest BCUT2D eigenvalue weighted by Crippen LogP contribution is 2.14. The lowest BCUT2D eigenvalue weighted by molar-refractivity contribution is -0.139. The quantitative estimate of drug-likeness (QED) is 0.257. The normalized spacial score (nSPS) is 11.3. The van der Waals surface area contributed by atoms with Crippen molar-refractivity contribution in [1.82, 2.24) is 5.32 Å². The fraction of sp³-hybridized carbons (Fsp3) is 0.286. The smallest absolute Gasteiger partial charge is 0.326 e. The van der Waals surface area contributed by atoms with Gasteiger partial charge >= 0.3 is 5.97 Å². The van der Waals surface area contributed by atoms with Crippen molar-refractivity contribution in [3.8, 4) is 5.75 Å². The number of carbonyl (C=O) groups is 2. The third-order valence-corrected chi connectivity index (χ3v) is 4.12. The van der Waals surface area contributed by atoms with Gasteiger partial charge in [-0.05, 0) is 42.7 Å². The minimum atomic E-state index is -1.09. The summed E-state index contributed by atoms with van der Waals surface area (Å²) in [7, 11) is 0. The van der Waals surface area contributed by atoms with Gasteiger partial charge in [0.25, 0.3) is 5.91 Å². The van der Waals surface area contributed by atoms with E-state index < -0.39 is 17.9 Å². The first-order valence-corrected chi connectivity index (χ1v) is 9.31. The number of nitrogens with zero attached hydrogens (tertiary/aromatic N) is 1. The monoisotopic (exact) mass is 398 g/mol. The number of carboxylic acids is 1. The highest BCUT2D eigenvalue weighted by atomic mass is 16.5. The fourth-order valence-corrected chi connectivity index (χ4v) is 2.60. The van der Waals surface area contributed by atoms with Crippen LogP contribution in [0.4, 0.5) is 0 Å². The van der Waals surface area contributed by atoms with Crippen LogP contribution in [0, 0.1) is 0 Å². The highest BCUT2D eigenvalue weighted by molar-refractivity contribution is 5.96. The first kappa shape index (κ1) is 21.7. The Labute approximate surface area is 169 Å². The van der Waals surface area contributed by atoms with E-state index in [0.29, 0.717) is 24.5 Å². The summed E-state index contributed by atoms with van der Waals surface area (Å²) in [4.78, 5) is 27.7. The zero-order valence-corrected chi connectivity index (χ0v) is 16.1. The van der Waals surface area contributed by atoms with Gasteiger partial charge in [-0.15, -0.1) is 0 Å². The van der Waals surface area contributed by atoms with E-state index in [9.17, 15) is 14.7 Å². The molecular formula is C21H26N4O4. The minimum Gasteiger partial charge on any atom is -0.494 e. The molecule has 0 spiro atoms. The van der Waals surface area contributed by atoms with E-state index >= 15 is 0 Å². The summed E-state index contributed by atoms with van der Waals surface area (Å²) in [6, 6.07) is 14.6. The molecule has 0 aromatic heterocycles. The molecule has 8 nitrogen and oxygen atoms in total. The van der Waals surface area contributed by atoms with Crippen LogP contribution in [0.25, 0.3) is 0 Å². The number of hydrogen-bond acceptors (Lipinski definition) is 4. The predicted molar refractivity (Wildman–Crippen MR) is 111 cm³/mol. The summed E-state index contributed by atoms with van der Waals surface area (Å²) in [5, 5.41) is 12.0. The number of nitrogens with one attached hydrogen (secondary N) is 1. The predicted octanol–water partition coefficient (Wildman–Crippen LogP) is 1.54. The van der Waals surface area contributed by atoms with Crippen LogP contribution in [0.3, 0.4) is 0 Å². The van der Waals surface area contributed by atoms with Crippen molar-refractivity contribution in [2.75, 3.05) is 13.2 Å². The molecule has 0 aliphatic rings. The van der Waals surface area contributed by atoms with Crippen LogP contribution in [-0.2, 0) is 11.2 Å². The van der Waals surface area contributed by atoms with Gasteiger partial charge in [0, 0.05) is 18.5 Å². The topological polar surface area (TPSA) is 140 Å². The summed E-state index contributed by atoms with van der Waals surface area (Å²) in [6.07, 6.45) is 1.80. The van der Waals surface area contributed by atoms with Gasteiger partial charge in [0.2, 0.25) is 0 Å². The van der Waals surface area contributed by atoms with E-state index in [4.69, 9.17) is 16.2 Å². The SMILES string of the molecule is NC(N)=NCCCCOc1ccc(C[C@H](NC(=O)c2ccccc2)C(=O)O)cc1. The molecule has 1 amide bonds. The molecule has 2 aromatic carbocycles. The van der Waals surface area contributed by atoms with Crippen molar-refractivity contribution in [3.05, 3.63) is 65.7 Å². The number of nitrogens with two attached hydrogens (primary N) is 2. The Morgan fingerprint density at radius 1 is 1.03 bits per heavy atom. The third-order valence-electron chi connectivity index (χ3n) is 4.12. The lowest BCUT2D eigenvalue weighted by Gasteiger charge is -2.15. The third kappa shape index (κ3) is 7.92. The molecule has 29 heavy (non-hydrogen) atoms. The van der Waals surface area contributed by atoms with Crippen LogP contribution < -0.4 is 21.5 Å². The number of carbonyl (C=O) groups excluding carboxylic acids is 1. The average molecular weight is 398 g/mol. The second-order valence-corrected chi connectivity index (χ2v) is 6.44. The van der Waals surface area contributed by atoms with Gasteiger partial charge < -0.3 is 26.6 Å². The van der Waals surface area contributed by atoms with Crippen LogP contribution in [0.1, 0.15) is 28.8 Å². The number of aliphatic imine (C=N–C) groups is 1. The summed E-state index contributed by atoms with van der Waals surface area (Å²) < 4.78 is 5.65. The largest absolute Gasteiger partial charge is 0.494 e. The lowest BCUT2D eigenvalue weighted by Crippen LogP contribution is -2.42. The molecule has 0 bridgehead atoms. The molecule has 0 saturated heterocycles. The first-order valence-electron chi connectivity index (χ1n) is 9.31. The van der Waals surface area contributed by atoms with Crippen molar-refractivity contribution in [1.29, 1.82) is 0 Å². The molecule has 6 N–H and O–H groups in total. The molecule has 154 valence electrons. The number of guanidine groups is 1. The number of unbranched alkanes of at least 4 members (excludes halogenated alkanes) is 1. The number of amides is 1. The Kier molecular flexibility index (Phi) is 8.50. The van der Waals surface area contributed by atoms with Crippen molar-refractivity contribution in [2.45, 2.75) is 25.3 Å². The van der Waals surface area contributed by atoms with Crippen LogP contribution in [0.5, 0.6) is 5.75 Å². The first-order chi connectivity index (χ1) is 14.0. The molecule has 0 unspecified atom stereocenters. The summed E-state index contributed by atoms with van der Waals surface area (Å²) in [6.45, 7) is 1.10. The maximum Gasteiger partial charge on any atom is 0.326 e. The van der Waals surface area contributed by atoms with E-state index in [1.54, 1.807) is 54.6 Å². The van der Waals surface area contributed by atoms with Crippen LogP contribution in [0.15, 0.2) is 59.6 Å². The second kappa shape index (κ2) is 11.3. The second-order valence-electron chi connectivity index (χ2n) is 6.44. The molecule has 8 heteroatoms. The zero-order chi connectivity index (χ0) is 21.1. The van der Waals surface area contributed by atoms with E-state index in [2.05, 4.69) is 10.3 Å². The molecule has 0 aliphatic carbocycles. The lowest BCUT2D eigenvalue weighted by atomic mass is 10.1. The summed E-state index contributed by atoms with van der Waals surface area (Å²) in [5.74, 6) is -0.731. The minimum absolute atomic E-state index is 0.0844. The van der Waals surface area contributed by atoms with Gasteiger partial charge in [-0.25, -0.2) is 4.79 Å². The standard InChI is InChI=1S/C21H26N4O4/c22-21(23)24-12-4-5-13-29-17-10-8-15(9-11-17)14-18(20(27)28)25-19(26)16-6-2-1-3-7-16/h1-3,6-11,18H,4-5,12-14H2,(H,25,26)(H,27,28)(H4,22,23,24)/t18-/m0/s1. The number of aliphatic carboxylic acids is 1. The van der Waals surface area contributed by atoms with E-state index in [1.807, 2.05) is 0 Å². The molecule has 1 atom stereocenters. The molecule has 0 heterocycles. The maximum absolute atomic E-state index is 12.2. The van der Waals surface area contributed by atoms with Gasteiger partial charge in [0.1, 0.15) is 11.8 Å². The van der Waals surface area contributed by atoms with Gasteiger partial charge in [-0.1, -0.05) is 30.3 Å². The molecule has 2 rings (SSSR count). The van der Waals surface area contributed by atoms with Gasteiger partial charge in [0.15, 0.2) is 5.96 Å². The average Bonchev–Trinajstić information content (AvgIpc) is 2.71. The summed E-state index contributed by atoms with van der Waals surface area (Å²) >= 11 is 0. The number of carboxylic acid groups (broad SMARTS) is 1. The molecular weight excluding hydrogens is 372 g/mol. The van der Waals surface area contributed by atoms with Gasteiger partial charge in [0.05, 0.1) is 6.61 Å². The Morgan fingerprint density at radius 3 is 2.34 bits per heavy atom.